The molecule has 1 aliphatic heterocycles. The summed E-state index contributed by atoms with van der Waals surface area (Å²) in [4.78, 5) is 13.3. The molecule has 0 aromatic heterocycles. The van der Waals surface area contributed by atoms with Crippen molar-refractivity contribution in [3.8, 4) is 0 Å². The van der Waals surface area contributed by atoms with Crippen LogP contribution in [0.4, 0.5) is 5.69 Å². The monoisotopic (exact) mass is 262 g/mol. The van der Waals surface area contributed by atoms with Crippen LogP contribution in [0, 0.1) is 0 Å². The molecule has 0 bridgehead atoms. The Bertz CT molecular complexity index is 408. The molecule has 1 fully saturated rings. The van der Waals surface area contributed by atoms with E-state index in [1.807, 2.05) is 37.3 Å². The van der Waals surface area contributed by atoms with Crippen molar-refractivity contribution in [3.63, 3.8) is 0 Å². The van der Waals surface area contributed by atoms with Gasteiger partial charge in [-0.3, -0.25) is 9.69 Å². The third-order valence-electron chi connectivity index (χ3n) is 3.71. The Labute approximate surface area is 114 Å². The molecule has 1 aromatic rings. The molecule has 2 rings (SSSR count). The van der Waals surface area contributed by atoms with Crippen molar-refractivity contribution in [2.75, 3.05) is 18.4 Å². The molecule has 0 spiro atoms. The summed E-state index contributed by atoms with van der Waals surface area (Å²) in [6.07, 6.45) is 2.81. The Hall–Kier alpha value is -1.55. The minimum Gasteiger partial charge on any atom is -0.480 e. The summed E-state index contributed by atoms with van der Waals surface area (Å²) < 4.78 is 0. The van der Waals surface area contributed by atoms with Crippen LogP contribution in [0.1, 0.15) is 26.2 Å². The van der Waals surface area contributed by atoms with Crippen LogP contribution in [0.15, 0.2) is 30.3 Å². The van der Waals surface area contributed by atoms with Gasteiger partial charge in [0, 0.05) is 18.3 Å². The Morgan fingerprint density at radius 3 is 2.84 bits per heavy atom. The fraction of sp³-hybridized carbons (Fsp3) is 0.533. The molecule has 1 heterocycles. The van der Waals surface area contributed by atoms with E-state index in [9.17, 15) is 9.90 Å². The first-order valence-corrected chi connectivity index (χ1v) is 6.99. The normalized spacial score (nSPS) is 21.8. The van der Waals surface area contributed by atoms with E-state index in [1.54, 1.807) is 0 Å². The maximum atomic E-state index is 11.2. The predicted octanol–water partition coefficient (Wildman–Crippen LogP) is 2.43. The van der Waals surface area contributed by atoms with Gasteiger partial charge in [-0.05, 0) is 37.9 Å². The fourth-order valence-electron chi connectivity index (χ4n) is 2.77. The van der Waals surface area contributed by atoms with Gasteiger partial charge >= 0.3 is 5.97 Å². The molecular weight excluding hydrogens is 240 g/mol. The van der Waals surface area contributed by atoms with Crippen molar-refractivity contribution in [2.45, 2.75) is 38.3 Å². The fourth-order valence-corrected chi connectivity index (χ4v) is 2.77. The minimum atomic E-state index is -0.706. The molecule has 2 N–H and O–H groups in total. The van der Waals surface area contributed by atoms with Crippen molar-refractivity contribution in [3.05, 3.63) is 30.3 Å². The maximum Gasteiger partial charge on any atom is 0.320 e. The first-order chi connectivity index (χ1) is 9.20. The highest BCUT2D eigenvalue weighted by Crippen LogP contribution is 2.18. The van der Waals surface area contributed by atoms with Crippen LogP contribution in [-0.4, -0.2) is 41.1 Å². The zero-order valence-corrected chi connectivity index (χ0v) is 11.4. The molecular formula is C15H22N2O2. The molecule has 2 atom stereocenters. The van der Waals surface area contributed by atoms with Gasteiger partial charge in [0.15, 0.2) is 0 Å². The van der Waals surface area contributed by atoms with Gasteiger partial charge in [-0.1, -0.05) is 25.1 Å². The molecule has 4 nitrogen and oxygen atoms in total. The number of carbonyl (C=O) groups is 1. The van der Waals surface area contributed by atoms with Crippen LogP contribution in [0.2, 0.25) is 0 Å². The number of nitrogens with zero attached hydrogens (tertiary/aromatic N) is 1. The van der Waals surface area contributed by atoms with Gasteiger partial charge in [-0.15, -0.1) is 0 Å². The SMILES string of the molecule is CC[C@H](C(=O)O)N1CCC[C@H](Nc2ccccc2)C1. The third kappa shape index (κ3) is 3.70. The van der Waals surface area contributed by atoms with Gasteiger partial charge in [0.05, 0.1) is 0 Å². The van der Waals surface area contributed by atoms with Gasteiger partial charge in [0.1, 0.15) is 6.04 Å². The molecule has 0 amide bonds. The van der Waals surface area contributed by atoms with Crippen LogP contribution >= 0.6 is 0 Å². The molecule has 0 unspecified atom stereocenters. The van der Waals surface area contributed by atoms with Crippen LogP contribution in [0.3, 0.4) is 0 Å². The average molecular weight is 262 g/mol. The van der Waals surface area contributed by atoms with E-state index in [1.165, 1.54) is 0 Å². The van der Waals surface area contributed by atoms with E-state index in [0.717, 1.165) is 31.6 Å². The highest BCUT2D eigenvalue weighted by atomic mass is 16.4. The van der Waals surface area contributed by atoms with Gasteiger partial charge < -0.3 is 10.4 Å². The number of carboxylic acid groups (broad SMARTS) is 1. The number of piperidine rings is 1. The highest BCUT2D eigenvalue weighted by molar-refractivity contribution is 5.73. The van der Waals surface area contributed by atoms with E-state index >= 15 is 0 Å². The third-order valence-corrected chi connectivity index (χ3v) is 3.71. The Morgan fingerprint density at radius 2 is 2.21 bits per heavy atom. The molecule has 1 saturated heterocycles. The topological polar surface area (TPSA) is 52.6 Å². The molecule has 4 heteroatoms. The van der Waals surface area contributed by atoms with Crippen LogP contribution < -0.4 is 5.32 Å². The highest BCUT2D eigenvalue weighted by Gasteiger charge is 2.28. The summed E-state index contributed by atoms with van der Waals surface area (Å²) in [5, 5.41) is 12.7. The Balaban J connectivity index is 1.95. The lowest BCUT2D eigenvalue weighted by atomic mass is 10.0. The Kier molecular flexibility index (Phi) is 4.80. The second kappa shape index (κ2) is 6.57. The average Bonchev–Trinajstić information content (AvgIpc) is 2.41. The minimum absolute atomic E-state index is 0.338. The standard InChI is InChI=1S/C15H22N2O2/c1-2-14(15(18)19)17-10-6-9-13(11-17)16-12-7-4-3-5-8-12/h3-5,7-8,13-14,16H,2,6,9-11H2,1H3,(H,18,19)/t13-,14+/m0/s1. The van der Waals surface area contributed by atoms with Crippen LogP contribution in [-0.2, 0) is 4.79 Å². The van der Waals surface area contributed by atoms with E-state index in [2.05, 4.69) is 10.2 Å². The smallest absolute Gasteiger partial charge is 0.320 e. The van der Waals surface area contributed by atoms with Crippen molar-refractivity contribution in [1.82, 2.24) is 4.90 Å². The van der Waals surface area contributed by atoms with Crippen molar-refractivity contribution in [1.29, 1.82) is 0 Å². The predicted molar refractivity (Wildman–Crippen MR) is 76.4 cm³/mol. The second-order valence-corrected chi connectivity index (χ2v) is 5.11. The molecule has 0 radical (unpaired) electrons. The zero-order chi connectivity index (χ0) is 13.7. The Morgan fingerprint density at radius 1 is 1.47 bits per heavy atom. The van der Waals surface area contributed by atoms with Crippen molar-refractivity contribution < 1.29 is 9.90 Å². The van der Waals surface area contributed by atoms with E-state index in [4.69, 9.17) is 0 Å². The van der Waals surface area contributed by atoms with Gasteiger partial charge in [-0.25, -0.2) is 0 Å². The van der Waals surface area contributed by atoms with Gasteiger partial charge in [0.2, 0.25) is 0 Å². The number of para-hydroxylation sites is 1. The number of rotatable bonds is 5. The van der Waals surface area contributed by atoms with Crippen LogP contribution in [0.25, 0.3) is 0 Å². The number of benzene rings is 1. The number of nitrogens with one attached hydrogen (secondary N) is 1. The summed E-state index contributed by atoms with van der Waals surface area (Å²) >= 11 is 0. The summed E-state index contributed by atoms with van der Waals surface area (Å²) in [6.45, 7) is 3.63. The van der Waals surface area contributed by atoms with Crippen molar-refractivity contribution in [2.24, 2.45) is 0 Å². The summed E-state index contributed by atoms with van der Waals surface area (Å²) in [5.74, 6) is -0.706. The first kappa shape index (κ1) is 13.9. The number of anilines is 1. The second-order valence-electron chi connectivity index (χ2n) is 5.11. The van der Waals surface area contributed by atoms with Gasteiger partial charge in [0.25, 0.3) is 0 Å². The summed E-state index contributed by atoms with van der Waals surface area (Å²) in [5.41, 5.74) is 1.11. The number of hydrogen-bond acceptors (Lipinski definition) is 3. The molecule has 0 aliphatic carbocycles. The molecule has 19 heavy (non-hydrogen) atoms. The molecule has 104 valence electrons. The molecule has 1 aliphatic rings. The lowest BCUT2D eigenvalue weighted by Gasteiger charge is -2.36. The first-order valence-electron chi connectivity index (χ1n) is 6.99. The quantitative estimate of drug-likeness (QED) is 0.855. The zero-order valence-electron chi connectivity index (χ0n) is 11.4. The number of carboxylic acids is 1. The maximum absolute atomic E-state index is 11.2. The summed E-state index contributed by atoms with van der Waals surface area (Å²) in [6, 6.07) is 10.1. The van der Waals surface area contributed by atoms with E-state index < -0.39 is 5.97 Å². The lowest BCUT2D eigenvalue weighted by Crippen LogP contribution is -2.49. The van der Waals surface area contributed by atoms with Crippen LogP contribution in [0.5, 0.6) is 0 Å². The van der Waals surface area contributed by atoms with Gasteiger partial charge in [-0.2, -0.15) is 0 Å². The lowest BCUT2D eigenvalue weighted by molar-refractivity contribution is -0.143. The number of hydrogen-bond donors (Lipinski definition) is 2. The van der Waals surface area contributed by atoms with E-state index in [-0.39, 0.29) is 6.04 Å². The van der Waals surface area contributed by atoms with Crippen molar-refractivity contribution >= 4 is 11.7 Å². The molecule has 1 aromatic carbocycles. The van der Waals surface area contributed by atoms with E-state index in [0.29, 0.717) is 12.5 Å². The largest absolute Gasteiger partial charge is 0.480 e. The number of likely N-dealkylation sites (tertiary alicyclic amines) is 1. The summed E-state index contributed by atoms with van der Waals surface area (Å²) in [7, 11) is 0. The molecule has 0 saturated carbocycles. The number of aliphatic carboxylic acids is 1.